The van der Waals surface area contributed by atoms with Gasteiger partial charge in [0.15, 0.2) is 0 Å². The molecule has 0 aliphatic carbocycles. The van der Waals surface area contributed by atoms with Crippen molar-refractivity contribution in [3.8, 4) is 5.75 Å². The van der Waals surface area contributed by atoms with Gasteiger partial charge in [0, 0.05) is 41.2 Å². The Bertz CT molecular complexity index is 1020. The fraction of sp³-hybridized carbons (Fsp3) is 0.391. The molecule has 146 valence electrons. The normalized spacial score (nSPS) is 17.1. The van der Waals surface area contributed by atoms with Gasteiger partial charge in [0.2, 0.25) is 0 Å². The topological polar surface area (TPSA) is 42.4 Å². The van der Waals surface area contributed by atoms with Gasteiger partial charge in [-0.15, -0.1) is 11.3 Å². The molecule has 4 rings (SSSR count). The first kappa shape index (κ1) is 18.9. The first-order chi connectivity index (χ1) is 13.5. The number of hydrogen-bond donors (Lipinski definition) is 0. The molecule has 5 heteroatoms. The van der Waals surface area contributed by atoms with Gasteiger partial charge in [0.25, 0.3) is 5.91 Å². The molecule has 0 unspecified atom stereocenters. The minimum Gasteiger partial charge on any atom is -0.496 e. The zero-order valence-corrected chi connectivity index (χ0v) is 17.7. The number of nitrogens with zero attached hydrogens (tertiary/aromatic N) is 2. The molecule has 0 bridgehead atoms. The quantitative estimate of drug-likeness (QED) is 0.609. The third-order valence-corrected chi connectivity index (χ3v) is 7.01. The Morgan fingerprint density at radius 3 is 2.79 bits per heavy atom. The van der Waals surface area contributed by atoms with Crippen molar-refractivity contribution in [2.24, 2.45) is 0 Å². The average molecular weight is 395 g/mol. The van der Waals surface area contributed by atoms with Crippen molar-refractivity contribution in [3.05, 3.63) is 57.0 Å². The number of thiophene rings is 1. The maximum atomic E-state index is 13.0. The number of amides is 1. The maximum absolute atomic E-state index is 13.0. The fourth-order valence-electron chi connectivity index (χ4n) is 4.04. The molecule has 28 heavy (non-hydrogen) atoms. The molecule has 2 aromatic heterocycles. The van der Waals surface area contributed by atoms with Crippen molar-refractivity contribution in [3.63, 3.8) is 0 Å². The summed E-state index contributed by atoms with van der Waals surface area (Å²) in [6.07, 6.45) is 4.02. The molecule has 0 spiro atoms. The molecule has 4 nitrogen and oxygen atoms in total. The van der Waals surface area contributed by atoms with Crippen molar-refractivity contribution in [2.75, 3.05) is 20.2 Å². The second-order valence-electron chi connectivity index (χ2n) is 7.66. The third kappa shape index (κ3) is 3.39. The van der Waals surface area contributed by atoms with Crippen LogP contribution in [-0.2, 0) is 0 Å². The summed E-state index contributed by atoms with van der Waals surface area (Å²) in [6, 6.07) is 8.25. The number of likely N-dealkylation sites (tertiary alicyclic amines) is 1. The molecule has 0 N–H and O–H groups in total. The molecule has 1 amide bonds. The van der Waals surface area contributed by atoms with Crippen LogP contribution >= 0.6 is 11.3 Å². The van der Waals surface area contributed by atoms with Crippen LogP contribution in [0.1, 0.15) is 50.1 Å². The maximum Gasteiger partial charge on any atom is 0.263 e. The lowest BCUT2D eigenvalue weighted by molar-refractivity contribution is 0.0711. The number of methoxy groups -OCH3 is 1. The van der Waals surface area contributed by atoms with E-state index in [1.807, 2.05) is 23.2 Å². The Hall–Kier alpha value is -2.40. The lowest BCUT2D eigenvalue weighted by Crippen LogP contribution is -2.39. The number of carbonyl (C=O) groups is 1. The number of rotatable bonds is 3. The van der Waals surface area contributed by atoms with Gasteiger partial charge in [-0.3, -0.25) is 9.78 Å². The standard InChI is InChI=1S/C23H26N2O2S/c1-14-10-22(28-16(14)3)23(26)25-9-5-6-18(13-25)20-11-19-15(2)21(27-4)8-7-17(19)12-24-20/h7-8,10-12,18H,5-6,9,13H2,1-4H3/t18-/m1/s1. The highest BCUT2D eigenvalue weighted by Crippen LogP contribution is 2.32. The van der Waals surface area contributed by atoms with Gasteiger partial charge in [0.05, 0.1) is 12.0 Å². The SMILES string of the molecule is COc1ccc2cnc([C@@H]3CCCN(C(=O)c4cc(C)c(C)s4)C3)cc2c1C. The van der Waals surface area contributed by atoms with Crippen LogP contribution in [-0.4, -0.2) is 36.0 Å². The average Bonchev–Trinajstić information content (AvgIpc) is 3.06. The summed E-state index contributed by atoms with van der Waals surface area (Å²) in [6.45, 7) is 7.79. The molecular weight excluding hydrogens is 368 g/mol. The summed E-state index contributed by atoms with van der Waals surface area (Å²) < 4.78 is 5.48. The zero-order valence-electron chi connectivity index (χ0n) is 16.9. The first-order valence-corrected chi connectivity index (χ1v) is 10.6. The van der Waals surface area contributed by atoms with E-state index in [4.69, 9.17) is 9.72 Å². The molecule has 1 saturated heterocycles. The summed E-state index contributed by atoms with van der Waals surface area (Å²) in [4.78, 5) is 21.8. The molecule has 3 aromatic rings. The van der Waals surface area contributed by atoms with Crippen molar-refractivity contribution in [1.29, 1.82) is 0 Å². The van der Waals surface area contributed by atoms with E-state index < -0.39 is 0 Å². The number of aryl methyl sites for hydroxylation is 3. The number of pyridine rings is 1. The van der Waals surface area contributed by atoms with Crippen LogP contribution in [0, 0.1) is 20.8 Å². The molecule has 1 aromatic carbocycles. The van der Waals surface area contributed by atoms with E-state index in [2.05, 4.69) is 32.9 Å². The van der Waals surface area contributed by atoms with Gasteiger partial charge < -0.3 is 9.64 Å². The molecule has 0 saturated carbocycles. The van der Waals surface area contributed by atoms with Crippen molar-refractivity contribution >= 4 is 28.0 Å². The number of benzene rings is 1. The summed E-state index contributed by atoms with van der Waals surface area (Å²) in [5, 5.41) is 2.30. The Morgan fingerprint density at radius 2 is 2.07 bits per heavy atom. The first-order valence-electron chi connectivity index (χ1n) is 9.77. The Morgan fingerprint density at radius 1 is 1.25 bits per heavy atom. The van der Waals surface area contributed by atoms with Gasteiger partial charge in [0.1, 0.15) is 5.75 Å². The largest absolute Gasteiger partial charge is 0.496 e. The van der Waals surface area contributed by atoms with Gasteiger partial charge in [-0.25, -0.2) is 0 Å². The Balaban J connectivity index is 1.60. The van der Waals surface area contributed by atoms with Crippen LogP contribution in [0.3, 0.4) is 0 Å². The number of ether oxygens (including phenoxy) is 1. The van der Waals surface area contributed by atoms with Crippen LogP contribution < -0.4 is 4.74 Å². The molecule has 1 aliphatic rings. The minimum atomic E-state index is 0.157. The minimum absolute atomic E-state index is 0.157. The molecule has 1 fully saturated rings. The highest BCUT2D eigenvalue weighted by molar-refractivity contribution is 7.14. The van der Waals surface area contributed by atoms with Crippen LogP contribution in [0.4, 0.5) is 0 Å². The highest BCUT2D eigenvalue weighted by atomic mass is 32.1. The predicted molar refractivity (Wildman–Crippen MR) is 115 cm³/mol. The Labute approximate surface area is 170 Å². The van der Waals surface area contributed by atoms with Crippen LogP contribution in [0.25, 0.3) is 10.8 Å². The second kappa shape index (κ2) is 7.55. The molecule has 0 radical (unpaired) electrons. The summed E-state index contributed by atoms with van der Waals surface area (Å²) in [5.74, 6) is 1.33. The summed E-state index contributed by atoms with van der Waals surface area (Å²) >= 11 is 1.60. The lowest BCUT2D eigenvalue weighted by atomic mass is 9.92. The van der Waals surface area contributed by atoms with Crippen LogP contribution in [0.15, 0.2) is 30.5 Å². The highest BCUT2D eigenvalue weighted by Gasteiger charge is 2.27. The van der Waals surface area contributed by atoms with Gasteiger partial charge >= 0.3 is 0 Å². The van der Waals surface area contributed by atoms with E-state index in [0.29, 0.717) is 0 Å². The van der Waals surface area contributed by atoms with E-state index in [1.165, 1.54) is 15.8 Å². The number of hydrogen-bond acceptors (Lipinski definition) is 4. The second-order valence-corrected chi connectivity index (χ2v) is 8.92. The van der Waals surface area contributed by atoms with E-state index in [1.54, 1.807) is 18.4 Å². The Kier molecular flexibility index (Phi) is 5.11. The number of fused-ring (bicyclic) bond motifs is 1. The molecule has 1 atom stereocenters. The molecule has 1 aliphatic heterocycles. The van der Waals surface area contributed by atoms with E-state index >= 15 is 0 Å². The molecule has 3 heterocycles. The van der Waals surface area contributed by atoms with Crippen molar-refractivity contribution < 1.29 is 9.53 Å². The molecular formula is C23H26N2O2S. The predicted octanol–water partition coefficient (Wildman–Crippen LogP) is 5.25. The zero-order chi connectivity index (χ0) is 19.8. The number of aromatic nitrogens is 1. The van der Waals surface area contributed by atoms with Gasteiger partial charge in [-0.05, 0) is 74.4 Å². The fourth-order valence-corrected chi connectivity index (χ4v) is 5.05. The van der Waals surface area contributed by atoms with Crippen molar-refractivity contribution in [1.82, 2.24) is 9.88 Å². The van der Waals surface area contributed by atoms with Gasteiger partial charge in [-0.2, -0.15) is 0 Å². The third-order valence-electron chi connectivity index (χ3n) is 5.87. The van der Waals surface area contributed by atoms with Crippen LogP contribution in [0.2, 0.25) is 0 Å². The number of piperidine rings is 1. The monoisotopic (exact) mass is 394 g/mol. The summed E-state index contributed by atoms with van der Waals surface area (Å²) in [7, 11) is 1.70. The lowest BCUT2D eigenvalue weighted by Gasteiger charge is -2.32. The van der Waals surface area contributed by atoms with E-state index in [-0.39, 0.29) is 11.8 Å². The van der Waals surface area contributed by atoms with E-state index in [9.17, 15) is 4.79 Å². The van der Waals surface area contributed by atoms with E-state index in [0.717, 1.165) is 53.2 Å². The summed E-state index contributed by atoms with van der Waals surface area (Å²) in [5.41, 5.74) is 3.40. The smallest absolute Gasteiger partial charge is 0.263 e. The van der Waals surface area contributed by atoms with Crippen LogP contribution in [0.5, 0.6) is 5.75 Å². The van der Waals surface area contributed by atoms with Crippen molar-refractivity contribution in [2.45, 2.75) is 39.5 Å². The van der Waals surface area contributed by atoms with Gasteiger partial charge in [-0.1, -0.05) is 0 Å². The number of carbonyl (C=O) groups excluding carboxylic acids is 1.